The van der Waals surface area contributed by atoms with Crippen LogP contribution in [0.4, 0.5) is 0 Å². The summed E-state index contributed by atoms with van der Waals surface area (Å²) in [5, 5.41) is 9.23. The molecule has 6 heteroatoms. The number of carboxylic acids is 1. The van der Waals surface area contributed by atoms with Crippen LogP contribution in [0.3, 0.4) is 0 Å². The zero-order valence-corrected chi connectivity index (χ0v) is 11.2. The monoisotopic (exact) mass is 276 g/mol. The number of benzene rings is 1. The highest BCUT2D eigenvalue weighted by Crippen LogP contribution is 2.24. The number of nitrogens with zero attached hydrogens (tertiary/aromatic N) is 1. The minimum atomic E-state index is -1.11. The van der Waals surface area contributed by atoms with Gasteiger partial charge >= 0.3 is 11.7 Å². The third kappa shape index (κ3) is 2.68. The fraction of sp³-hybridized carbons (Fsp3) is 0.154. The van der Waals surface area contributed by atoms with Crippen molar-refractivity contribution in [1.82, 2.24) is 9.97 Å². The topological polar surface area (TPSA) is 83.0 Å². The Morgan fingerprint density at radius 1 is 1.32 bits per heavy atom. The van der Waals surface area contributed by atoms with Gasteiger partial charge in [0.15, 0.2) is 0 Å². The second-order valence-corrected chi connectivity index (χ2v) is 4.80. The Labute approximate surface area is 113 Å². The minimum absolute atomic E-state index is 0.0245. The van der Waals surface area contributed by atoms with Crippen molar-refractivity contribution in [3.8, 4) is 11.3 Å². The molecule has 0 amide bonds. The molecule has 19 heavy (non-hydrogen) atoms. The Morgan fingerprint density at radius 2 is 1.95 bits per heavy atom. The van der Waals surface area contributed by atoms with Crippen molar-refractivity contribution in [1.29, 1.82) is 0 Å². The molecule has 0 aliphatic rings. The van der Waals surface area contributed by atoms with E-state index in [1.54, 1.807) is 30.8 Å². The number of hydrogen-bond acceptors (Lipinski definition) is 4. The Hall–Kier alpha value is -2.08. The van der Waals surface area contributed by atoms with E-state index in [-0.39, 0.29) is 11.3 Å². The summed E-state index contributed by atoms with van der Waals surface area (Å²) < 4.78 is 0. The highest BCUT2D eigenvalue weighted by atomic mass is 32.2. The molecule has 0 saturated heterocycles. The average Bonchev–Trinajstić information content (AvgIpc) is 2.37. The molecule has 0 spiro atoms. The lowest BCUT2D eigenvalue weighted by Gasteiger charge is -2.07. The molecule has 0 unspecified atom stereocenters. The molecule has 2 aromatic rings. The third-order valence-corrected chi connectivity index (χ3v) is 3.44. The zero-order chi connectivity index (χ0) is 14.0. The van der Waals surface area contributed by atoms with Gasteiger partial charge in [-0.3, -0.25) is 0 Å². The number of aryl methyl sites for hydroxylation is 1. The summed E-state index contributed by atoms with van der Waals surface area (Å²) in [6, 6.07) is 7.26. The van der Waals surface area contributed by atoms with E-state index >= 15 is 0 Å². The Bertz CT molecular complexity index is 677. The first-order valence-electron chi connectivity index (χ1n) is 5.51. The number of aromatic nitrogens is 2. The van der Waals surface area contributed by atoms with Crippen LogP contribution >= 0.6 is 11.8 Å². The number of thioether (sulfide) groups is 1. The lowest BCUT2D eigenvalue weighted by atomic mass is 10.1. The van der Waals surface area contributed by atoms with Crippen molar-refractivity contribution in [2.75, 3.05) is 6.26 Å². The van der Waals surface area contributed by atoms with Crippen molar-refractivity contribution in [2.45, 2.75) is 11.8 Å². The first kappa shape index (κ1) is 13.4. The minimum Gasteiger partial charge on any atom is -0.478 e. The zero-order valence-electron chi connectivity index (χ0n) is 10.4. The van der Waals surface area contributed by atoms with Crippen molar-refractivity contribution in [3.63, 3.8) is 0 Å². The molecule has 2 N–H and O–H groups in total. The van der Waals surface area contributed by atoms with Gasteiger partial charge in [0, 0.05) is 16.2 Å². The number of aromatic amines is 1. The highest BCUT2D eigenvalue weighted by molar-refractivity contribution is 7.98. The number of hydrogen-bond donors (Lipinski definition) is 2. The average molecular weight is 276 g/mol. The summed E-state index contributed by atoms with van der Waals surface area (Å²) in [4.78, 5) is 29.9. The lowest BCUT2D eigenvalue weighted by Crippen LogP contribution is -2.18. The Morgan fingerprint density at radius 3 is 2.47 bits per heavy atom. The standard InChI is InChI=1S/C13H12N2O3S/c1-7-10(12(16)17)11(15-13(18)14-7)8-3-5-9(19-2)6-4-8/h3-6H,1-2H3,(H,16,17)(H,14,15,18). The SMILES string of the molecule is CSc1ccc(-c2nc(=O)[nH]c(C)c2C(=O)O)cc1. The molecule has 5 nitrogen and oxygen atoms in total. The predicted octanol–water partition coefficient (Wildman–Crippen LogP) is 2.17. The van der Waals surface area contributed by atoms with Gasteiger partial charge in [0.05, 0.1) is 5.69 Å². The number of rotatable bonds is 3. The van der Waals surface area contributed by atoms with Gasteiger partial charge in [-0.05, 0) is 25.3 Å². The number of nitrogens with one attached hydrogen (secondary N) is 1. The maximum absolute atomic E-state index is 11.4. The molecule has 0 bridgehead atoms. The molecule has 0 aliphatic carbocycles. The van der Waals surface area contributed by atoms with E-state index in [1.165, 1.54) is 0 Å². The summed E-state index contributed by atoms with van der Waals surface area (Å²) in [5.41, 5.74) is 0.588. The Kier molecular flexibility index (Phi) is 3.71. The van der Waals surface area contributed by atoms with Crippen LogP contribution in [0.15, 0.2) is 34.0 Å². The van der Waals surface area contributed by atoms with E-state index in [1.807, 2.05) is 18.4 Å². The van der Waals surface area contributed by atoms with Crippen molar-refractivity contribution >= 4 is 17.7 Å². The molecule has 1 aromatic carbocycles. The van der Waals surface area contributed by atoms with Gasteiger partial charge in [0.2, 0.25) is 0 Å². The van der Waals surface area contributed by atoms with E-state index in [0.29, 0.717) is 11.3 Å². The van der Waals surface area contributed by atoms with Crippen LogP contribution < -0.4 is 5.69 Å². The van der Waals surface area contributed by atoms with Gasteiger partial charge in [-0.2, -0.15) is 4.98 Å². The van der Waals surface area contributed by atoms with Crippen molar-refractivity contribution in [2.24, 2.45) is 0 Å². The Balaban J connectivity index is 2.66. The summed E-state index contributed by atoms with van der Waals surface area (Å²) in [6.45, 7) is 1.55. The van der Waals surface area contributed by atoms with Gasteiger partial charge < -0.3 is 10.1 Å². The predicted molar refractivity (Wildman–Crippen MR) is 73.8 cm³/mol. The van der Waals surface area contributed by atoms with E-state index in [0.717, 1.165) is 4.90 Å². The third-order valence-electron chi connectivity index (χ3n) is 2.70. The second-order valence-electron chi connectivity index (χ2n) is 3.92. The normalized spacial score (nSPS) is 10.4. The van der Waals surface area contributed by atoms with Crippen molar-refractivity contribution < 1.29 is 9.90 Å². The van der Waals surface area contributed by atoms with Crippen LogP contribution in [0.2, 0.25) is 0 Å². The molecule has 98 valence electrons. The fourth-order valence-corrected chi connectivity index (χ4v) is 2.21. The van der Waals surface area contributed by atoms with E-state index in [4.69, 9.17) is 0 Å². The van der Waals surface area contributed by atoms with Crippen LogP contribution in [-0.2, 0) is 0 Å². The van der Waals surface area contributed by atoms with E-state index < -0.39 is 11.7 Å². The quantitative estimate of drug-likeness (QED) is 0.839. The maximum atomic E-state index is 11.4. The van der Waals surface area contributed by atoms with Crippen molar-refractivity contribution in [3.05, 3.63) is 46.0 Å². The molecule has 0 atom stereocenters. The number of carbonyl (C=O) groups is 1. The van der Waals surface area contributed by atoms with E-state index in [9.17, 15) is 14.7 Å². The smallest absolute Gasteiger partial charge is 0.345 e. The number of H-pyrrole nitrogens is 1. The summed E-state index contributed by atoms with van der Waals surface area (Å²) in [7, 11) is 0. The van der Waals surface area contributed by atoms with E-state index in [2.05, 4.69) is 9.97 Å². The molecular formula is C13H12N2O3S. The summed E-state index contributed by atoms with van der Waals surface area (Å²) in [5.74, 6) is -1.11. The summed E-state index contributed by atoms with van der Waals surface area (Å²) >= 11 is 1.58. The molecule has 0 aliphatic heterocycles. The van der Waals surface area contributed by atoms with Gasteiger partial charge in [0.25, 0.3) is 0 Å². The second kappa shape index (κ2) is 5.27. The summed E-state index contributed by atoms with van der Waals surface area (Å²) in [6.07, 6.45) is 1.95. The molecule has 1 heterocycles. The number of carboxylic acid groups (broad SMARTS) is 1. The van der Waals surface area contributed by atoms with Gasteiger partial charge in [0.1, 0.15) is 5.56 Å². The van der Waals surface area contributed by atoms with Gasteiger partial charge in [-0.1, -0.05) is 12.1 Å². The van der Waals surface area contributed by atoms with Gasteiger partial charge in [-0.15, -0.1) is 11.8 Å². The van der Waals surface area contributed by atoms with Crippen LogP contribution in [-0.4, -0.2) is 27.3 Å². The lowest BCUT2D eigenvalue weighted by molar-refractivity contribution is 0.0696. The molecule has 1 aromatic heterocycles. The van der Waals surface area contributed by atoms with Crippen LogP contribution in [0.5, 0.6) is 0 Å². The van der Waals surface area contributed by atoms with Gasteiger partial charge in [-0.25, -0.2) is 9.59 Å². The molecular weight excluding hydrogens is 264 g/mol. The number of aromatic carboxylic acids is 1. The van der Waals surface area contributed by atoms with Crippen LogP contribution in [0.25, 0.3) is 11.3 Å². The maximum Gasteiger partial charge on any atom is 0.345 e. The highest BCUT2D eigenvalue weighted by Gasteiger charge is 2.17. The van der Waals surface area contributed by atoms with Crippen LogP contribution in [0.1, 0.15) is 16.1 Å². The van der Waals surface area contributed by atoms with Crippen LogP contribution in [0, 0.1) is 6.92 Å². The fourth-order valence-electron chi connectivity index (χ4n) is 1.81. The molecule has 2 rings (SSSR count). The largest absolute Gasteiger partial charge is 0.478 e. The first-order chi connectivity index (χ1) is 9.02. The molecule has 0 fully saturated rings. The first-order valence-corrected chi connectivity index (χ1v) is 6.74. The molecule has 0 saturated carbocycles. The molecule has 0 radical (unpaired) electrons.